The highest BCUT2D eigenvalue weighted by atomic mass is 79.9. The molecule has 0 aliphatic carbocycles. The third kappa shape index (κ3) is 4.28. The Morgan fingerprint density at radius 3 is 2.53 bits per heavy atom. The van der Waals surface area contributed by atoms with Gasteiger partial charge in [-0.25, -0.2) is 0 Å². The van der Waals surface area contributed by atoms with E-state index in [4.69, 9.17) is 0 Å². The van der Waals surface area contributed by atoms with Crippen LogP contribution in [-0.2, 0) is 0 Å². The molecule has 0 aliphatic heterocycles. The zero-order valence-electron chi connectivity index (χ0n) is 11.4. The Morgan fingerprint density at radius 1 is 1.11 bits per heavy atom. The number of aryl methyl sites for hydroxylation is 1. The monoisotopic (exact) mass is 318 g/mol. The van der Waals surface area contributed by atoms with Crippen LogP contribution < -0.4 is 10.2 Å². The predicted octanol–water partition coefficient (Wildman–Crippen LogP) is 4.31. The molecule has 3 heteroatoms. The number of hydrogen-bond acceptors (Lipinski definition) is 2. The van der Waals surface area contributed by atoms with Gasteiger partial charge in [-0.15, -0.1) is 0 Å². The molecule has 0 spiro atoms. The zero-order valence-corrected chi connectivity index (χ0v) is 12.9. The molecule has 0 aromatic heterocycles. The maximum absolute atomic E-state index is 3.44. The summed E-state index contributed by atoms with van der Waals surface area (Å²) in [7, 11) is 2.12. The van der Waals surface area contributed by atoms with Crippen molar-refractivity contribution in [3.05, 3.63) is 58.6 Å². The van der Waals surface area contributed by atoms with Gasteiger partial charge >= 0.3 is 0 Å². The molecule has 0 saturated heterocycles. The highest BCUT2D eigenvalue weighted by Crippen LogP contribution is 2.15. The van der Waals surface area contributed by atoms with Crippen LogP contribution in [0.1, 0.15) is 5.56 Å². The van der Waals surface area contributed by atoms with Gasteiger partial charge in [0.05, 0.1) is 0 Å². The van der Waals surface area contributed by atoms with E-state index in [0.717, 1.165) is 23.2 Å². The molecule has 2 aromatic rings. The molecule has 0 heterocycles. The average molecular weight is 319 g/mol. The normalized spacial score (nSPS) is 10.3. The van der Waals surface area contributed by atoms with Crippen LogP contribution in [0.25, 0.3) is 0 Å². The Hall–Kier alpha value is -1.48. The molecule has 0 aliphatic rings. The second-order valence-electron chi connectivity index (χ2n) is 4.69. The van der Waals surface area contributed by atoms with Gasteiger partial charge in [-0.2, -0.15) is 0 Å². The first-order chi connectivity index (χ1) is 9.15. The van der Waals surface area contributed by atoms with Crippen molar-refractivity contribution in [1.29, 1.82) is 0 Å². The van der Waals surface area contributed by atoms with Crippen molar-refractivity contribution in [2.75, 3.05) is 30.4 Å². The summed E-state index contributed by atoms with van der Waals surface area (Å²) < 4.78 is 1.11. The predicted molar refractivity (Wildman–Crippen MR) is 87.1 cm³/mol. The highest BCUT2D eigenvalue weighted by molar-refractivity contribution is 9.10. The minimum atomic E-state index is 0.923. The standard InChI is InChI=1S/C16H19BrN2/c1-13-4-3-5-16(12-13)19(2)11-10-18-15-8-6-14(17)7-9-15/h3-9,12,18H,10-11H2,1-2H3. The van der Waals surface area contributed by atoms with E-state index >= 15 is 0 Å². The zero-order chi connectivity index (χ0) is 13.7. The third-order valence-electron chi connectivity index (χ3n) is 3.06. The summed E-state index contributed by atoms with van der Waals surface area (Å²) in [6.07, 6.45) is 0. The minimum Gasteiger partial charge on any atom is -0.383 e. The summed E-state index contributed by atoms with van der Waals surface area (Å²) in [4.78, 5) is 2.26. The van der Waals surface area contributed by atoms with Crippen LogP contribution in [-0.4, -0.2) is 20.1 Å². The molecule has 0 radical (unpaired) electrons. The Balaban J connectivity index is 1.84. The van der Waals surface area contributed by atoms with E-state index in [9.17, 15) is 0 Å². The van der Waals surface area contributed by atoms with E-state index in [-0.39, 0.29) is 0 Å². The highest BCUT2D eigenvalue weighted by Gasteiger charge is 2.00. The first-order valence-corrected chi connectivity index (χ1v) is 7.22. The van der Waals surface area contributed by atoms with Crippen molar-refractivity contribution in [2.45, 2.75) is 6.92 Å². The average Bonchev–Trinajstić information content (AvgIpc) is 2.41. The van der Waals surface area contributed by atoms with Crippen LogP contribution in [0.4, 0.5) is 11.4 Å². The van der Waals surface area contributed by atoms with E-state index in [1.54, 1.807) is 0 Å². The lowest BCUT2D eigenvalue weighted by molar-refractivity contribution is 0.914. The fraction of sp³-hybridized carbons (Fsp3) is 0.250. The molecule has 1 N–H and O–H groups in total. The summed E-state index contributed by atoms with van der Waals surface area (Å²) >= 11 is 3.44. The van der Waals surface area contributed by atoms with Crippen molar-refractivity contribution in [2.24, 2.45) is 0 Å². The fourth-order valence-electron chi connectivity index (χ4n) is 1.93. The molecule has 2 rings (SSSR count). The number of benzene rings is 2. The van der Waals surface area contributed by atoms with E-state index in [2.05, 4.69) is 76.5 Å². The van der Waals surface area contributed by atoms with Crippen LogP contribution in [0.3, 0.4) is 0 Å². The summed E-state index contributed by atoms with van der Waals surface area (Å²) in [5.74, 6) is 0. The number of hydrogen-bond donors (Lipinski definition) is 1. The molecule has 0 bridgehead atoms. The van der Waals surface area contributed by atoms with Gasteiger partial charge in [-0.05, 0) is 48.9 Å². The van der Waals surface area contributed by atoms with E-state index in [0.29, 0.717) is 0 Å². The van der Waals surface area contributed by atoms with Crippen molar-refractivity contribution in [3.63, 3.8) is 0 Å². The summed E-state index contributed by atoms with van der Waals surface area (Å²) in [6.45, 7) is 4.02. The van der Waals surface area contributed by atoms with Crippen molar-refractivity contribution < 1.29 is 0 Å². The van der Waals surface area contributed by atoms with E-state index in [1.165, 1.54) is 11.3 Å². The lowest BCUT2D eigenvalue weighted by Crippen LogP contribution is -2.24. The van der Waals surface area contributed by atoms with Crippen molar-refractivity contribution >= 4 is 27.3 Å². The second kappa shape index (κ2) is 6.62. The molecule has 0 fully saturated rings. The largest absolute Gasteiger partial charge is 0.383 e. The number of anilines is 2. The van der Waals surface area contributed by atoms with Crippen LogP contribution in [0.5, 0.6) is 0 Å². The topological polar surface area (TPSA) is 15.3 Å². The number of nitrogens with one attached hydrogen (secondary N) is 1. The molecule has 0 atom stereocenters. The van der Waals surface area contributed by atoms with Gasteiger partial charge in [-0.1, -0.05) is 28.1 Å². The van der Waals surface area contributed by atoms with Crippen molar-refractivity contribution in [1.82, 2.24) is 0 Å². The number of rotatable bonds is 5. The quantitative estimate of drug-likeness (QED) is 0.883. The first-order valence-electron chi connectivity index (χ1n) is 6.42. The number of halogens is 1. The van der Waals surface area contributed by atoms with Crippen molar-refractivity contribution in [3.8, 4) is 0 Å². The number of nitrogens with zero attached hydrogens (tertiary/aromatic N) is 1. The summed E-state index contributed by atoms with van der Waals surface area (Å²) in [6, 6.07) is 16.8. The van der Waals surface area contributed by atoms with Crippen LogP contribution in [0.2, 0.25) is 0 Å². The molecular weight excluding hydrogens is 300 g/mol. The lowest BCUT2D eigenvalue weighted by Gasteiger charge is -2.20. The second-order valence-corrected chi connectivity index (χ2v) is 5.61. The molecule has 2 nitrogen and oxygen atoms in total. The fourth-order valence-corrected chi connectivity index (χ4v) is 2.19. The summed E-state index contributed by atoms with van der Waals surface area (Å²) in [5.41, 5.74) is 3.71. The van der Waals surface area contributed by atoms with Gasteiger partial charge in [0, 0.05) is 36.0 Å². The molecule has 100 valence electrons. The Labute approximate surface area is 123 Å². The molecule has 2 aromatic carbocycles. The SMILES string of the molecule is Cc1cccc(N(C)CCNc2ccc(Br)cc2)c1. The molecular formula is C16H19BrN2. The van der Waals surface area contributed by atoms with Gasteiger partial charge in [0.25, 0.3) is 0 Å². The number of likely N-dealkylation sites (N-methyl/N-ethyl adjacent to an activating group) is 1. The molecule has 0 amide bonds. The maximum Gasteiger partial charge on any atom is 0.0366 e. The van der Waals surface area contributed by atoms with E-state index < -0.39 is 0 Å². The molecule has 0 saturated carbocycles. The third-order valence-corrected chi connectivity index (χ3v) is 3.59. The molecule has 19 heavy (non-hydrogen) atoms. The smallest absolute Gasteiger partial charge is 0.0366 e. The minimum absolute atomic E-state index is 0.923. The van der Waals surface area contributed by atoms with Gasteiger partial charge in [0.1, 0.15) is 0 Å². The maximum atomic E-state index is 3.44. The Bertz CT molecular complexity index is 523. The lowest BCUT2D eigenvalue weighted by atomic mass is 10.2. The van der Waals surface area contributed by atoms with Gasteiger partial charge in [0.15, 0.2) is 0 Å². The van der Waals surface area contributed by atoms with Crippen LogP contribution in [0.15, 0.2) is 53.0 Å². The Morgan fingerprint density at radius 2 is 1.84 bits per heavy atom. The first kappa shape index (κ1) is 13.9. The van der Waals surface area contributed by atoms with Gasteiger partial charge in [-0.3, -0.25) is 0 Å². The Kier molecular flexibility index (Phi) is 4.86. The van der Waals surface area contributed by atoms with Gasteiger partial charge in [0.2, 0.25) is 0 Å². The summed E-state index contributed by atoms with van der Waals surface area (Å²) in [5, 5.41) is 3.42. The van der Waals surface area contributed by atoms with E-state index in [1.807, 2.05) is 12.1 Å². The molecule has 0 unspecified atom stereocenters. The van der Waals surface area contributed by atoms with Gasteiger partial charge < -0.3 is 10.2 Å². The van der Waals surface area contributed by atoms with Crippen LogP contribution >= 0.6 is 15.9 Å². The van der Waals surface area contributed by atoms with Crippen LogP contribution in [0, 0.1) is 6.92 Å².